The third-order valence-electron chi connectivity index (χ3n) is 1.79. The minimum absolute atomic E-state index is 0.0785. The molecule has 0 saturated carbocycles. The lowest BCUT2D eigenvalue weighted by Gasteiger charge is -2.02. The van der Waals surface area contributed by atoms with E-state index in [1.54, 1.807) is 0 Å². The molecule has 1 aromatic rings. The SMILES string of the molecule is O=C(NC/C=C/C(F)(F)F)c1ccc(Cl)cc1. The fourth-order valence-corrected chi connectivity index (χ4v) is 1.17. The van der Waals surface area contributed by atoms with Gasteiger partial charge in [0, 0.05) is 23.2 Å². The summed E-state index contributed by atoms with van der Waals surface area (Å²) in [6.45, 7) is -0.180. The highest BCUT2D eigenvalue weighted by Gasteiger charge is 2.21. The number of hydrogen-bond donors (Lipinski definition) is 1. The Morgan fingerprint density at radius 2 is 1.88 bits per heavy atom. The maximum Gasteiger partial charge on any atom is 0.409 e. The number of carbonyl (C=O) groups excluding carboxylic acids is 1. The van der Waals surface area contributed by atoms with Crippen molar-refractivity contribution in [1.82, 2.24) is 5.32 Å². The first-order valence-corrected chi connectivity index (χ1v) is 5.04. The largest absolute Gasteiger partial charge is 0.409 e. The molecule has 1 N–H and O–H groups in total. The molecular formula is C11H9ClF3NO. The highest BCUT2D eigenvalue weighted by atomic mass is 35.5. The molecule has 0 unspecified atom stereocenters. The molecule has 0 aliphatic rings. The Morgan fingerprint density at radius 3 is 2.41 bits per heavy atom. The summed E-state index contributed by atoms with van der Waals surface area (Å²) < 4.78 is 35.2. The minimum Gasteiger partial charge on any atom is -0.349 e. The predicted molar refractivity (Wildman–Crippen MR) is 59.0 cm³/mol. The van der Waals surface area contributed by atoms with Crippen molar-refractivity contribution in [3.63, 3.8) is 0 Å². The standard InChI is InChI=1S/C11H9ClF3NO/c12-9-4-2-8(3-5-9)10(17)16-7-1-6-11(13,14)15/h1-6H,7H2,(H,16,17)/b6-1+. The topological polar surface area (TPSA) is 29.1 Å². The number of alkyl halides is 3. The van der Waals surface area contributed by atoms with Crippen molar-refractivity contribution in [1.29, 1.82) is 0 Å². The summed E-state index contributed by atoms with van der Waals surface area (Å²) in [5.41, 5.74) is 0.342. The van der Waals surface area contributed by atoms with Crippen LogP contribution in [0.3, 0.4) is 0 Å². The Balaban J connectivity index is 2.46. The average molecular weight is 264 g/mol. The van der Waals surface area contributed by atoms with Crippen LogP contribution in [-0.2, 0) is 0 Å². The minimum atomic E-state index is -4.36. The summed E-state index contributed by atoms with van der Waals surface area (Å²) >= 11 is 5.63. The zero-order chi connectivity index (χ0) is 12.9. The number of allylic oxidation sites excluding steroid dienone is 1. The van der Waals surface area contributed by atoms with Gasteiger partial charge in [0.25, 0.3) is 5.91 Å². The Kier molecular flexibility index (Phi) is 4.57. The molecule has 0 atom stereocenters. The first-order valence-electron chi connectivity index (χ1n) is 4.67. The summed E-state index contributed by atoms with van der Waals surface area (Å²) in [5.74, 6) is -0.450. The molecule has 0 spiro atoms. The third kappa shape index (κ3) is 5.40. The van der Waals surface area contributed by atoms with Crippen molar-refractivity contribution in [2.45, 2.75) is 6.18 Å². The summed E-state index contributed by atoms with van der Waals surface area (Å²) in [6.07, 6.45) is -3.44. The fraction of sp³-hybridized carbons (Fsp3) is 0.182. The molecule has 0 aromatic heterocycles. The van der Waals surface area contributed by atoms with Gasteiger partial charge in [-0.15, -0.1) is 0 Å². The normalized spacial score (nSPS) is 11.8. The van der Waals surface area contributed by atoms with Crippen LogP contribution in [0.1, 0.15) is 10.4 Å². The molecule has 0 aliphatic heterocycles. The molecule has 0 radical (unpaired) electrons. The van der Waals surface area contributed by atoms with Crippen molar-refractivity contribution in [2.24, 2.45) is 0 Å². The molecule has 1 amide bonds. The zero-order valence-electron chi connectivity index (χ0n) is 8.59. The van der Waals surface area contributed by atoms with E-state index in [2.05, 4.69) is 5.32 Å². The first-order chi connectivity index (χ1) is 7.88. The van der Waals surface area contributed by atoms with Gasteiger partial charge in [-0.2, -0.15) is 13.2 Å². The number of carbonyl (C=O) groups is 1. The van der Waals surface area contributed by atoms with Gasteiger partial charge < -0.3 is 5.32 Å². The lowest BCUT2D eigenvalue weighted by molar-refractivity contribution is -0.0800. The molecule has 0 aliphatic carbocycles. The van der Waals surface area contributed by atoms with Crippen LogP contribution in [0.4, 0.5) is 13.2 Å². The van der Waals surface area contributed by atoms with E-state index in [0.717, 1.165) is 6.08 Å². The first kappa shape index (κ1) is 13.6. The monoisotopic (exact) mass is 263 g/mol. The molecule has 1 rings (SSSR count). The lowest BCUT2D eigenvalue weighted by Crippen LogP contribution is -2.23. The van der Waals surface area contributed by atoms with E-state index < -0.39 is 12.1 Å². The lowest BCUT2D eigenvalue weighted by atomic mass is 10.2. The molecule has 17 heavy (non-hydrogen) atoms. The summed E-state index contributed by atoms with van der Waals surface area (Å²) in [7, 11) is 0. The highest BCUT2D eigenvalue weighted by molar-refractivity contribution is 6.30. The van der Waals surface area contributed by atoms with E-state index in [4.69, 9.17) is 11.6 Å². The molecule has 0 heterocycles. The van der Waals surface area contributed by atoms with Gasteiger partial charge in [-0.3, -0.25) is 4.79 Å². The van der Waals surface area contributed by atoms with Gasteiger partial charge >= 0.3 is 6.18 Å². The van der Waals surface area contributed by atoms with Crippen LogP contribution in [0.15, 0.2) is 36.4 Å². The number of amides is 1. The van der Waals surface area contributed by atoms with E-state index in [0.29, 0.717) is 10.6 Å². The van der Waals surface area contributed by atoms with Crippen LogP contribution in [0.25, 0.3) is 0 Å². The Bertz CT molecular complexity index is 412. The maximum atomic E-state index is 11.7. The van der Waals surface area contributed by atoms with E-state index in [9.17, 15) is 18.0 Å². The van der Waals surface area contributed by atoms with Crippen LogP contribution in [0.2, 0.25) is 5.02 Å². The van der Waals surface area contributed by atoms with Crippen LogP contribution in [0.5, 0.6) is 0 Å². The quantitative estimate of drug-likeness (QED) is 0.834. The smallest absolute Gasteiger partial charge is 0.349 e. The molecule has 1 aromatic carbocycles. The van der Waals surface area contributed by atoms with Crippen molar-refractivity contribution in [3.8, 4) is 0 Å². The summed E-state index contributed by atoms with van der Waals surface area (Å²) in [6, 6.07) is 6.04. The molecule has 0 saturated heterocycles. The van der Waals surface area contributed by atoms with Crippen LogP contribution < -0.4 is 5.32 Å². The second-order valence-corrected chi connectivity index (χ2v) is 3.60. The van der Waals surface area contributed by atoms with E-state index in [1.807, 2.05) is 0 Å². The molecule has 2 nitrogen and oxygen atoms in total. The number of rotatable bonds is 3. The van der Waals surface area contributed by atoms with Crippen molar-refractivity contribution < 1.29 is 18.0 Å². The van der Waals surface area contributed by atoms with Gasteiger partial charge in [0.15, 0.2) is 0 Å². The third-order valence-corrected chi connectivity index (χ3v) is 2.05. The fourth-order valence-electron chi connectivity index (χ4n) is 1.05. The Labute approximate surface area is 101 Å². The summed E-state index contributed by atoms with van der Waals surface area (Å²) in [5, 5.41) is 2.81. The second kappa shape index (κ2) is 5.72. The second-order valence-electron chi connectivity index (χ2n) is 3.16. The number of hydrogen-bond acceptors (Lipinski definition) is 1. The molecule has 0 bridgehead atoms. The van der Waals surface area contributed by atoms with Crippen LogP contribution in [0, 0.1) is 0 Å². The van der Waals surface area contributed by atoms with Crippen molar-refractivity contribution in [2.75, 3.05) is 6.54 Å². The molecule has 0 fully saturated rings. The average Bonchev–Trinajstić information content (AvgIpc) is 2.24. The van der Waals surface area contributed by atoms with Gasteiger partial charge in [0.05, 0.1) is 0 Å². The van der Waals surface area contributed by atoms with Crippen molar-refractivity contribution in [3.05, 3.63) is 47.0 Å². The van der Waals surface area contributed by atoms with E-state index in [-0.39, 0.29) is 12.6 Å². The number of benzene rings is 1. The van der Waals surface area contributed by atoms with Crippen LogP contribution in [-0.4, -0.2) is 18.6 Å². The predicted octanol–water partition coefficient (Wildman–Crippen LogP) is 3.19. The molecule has 6 heteroatoms. The number of halogens is 4. The summed E-state index contributed by atoms with van der Waals surface area (Å²) in [4.78, 5) is 11.4. The molecule has 92 valence electrons. The number of nitrogens with one attached hydrogen (secondary N) is 1. The zero-order valence-corrected chi connectivity index (χ0v) is 9.35. The Morgan fingerprint density at radius 1 is 1.29 bits per heavy atom. The maximum absolute atomic E-state index is 11.7. The van der Waals surface area contributed by atoms with Crippen molar-refractivity contribution >= 4 is 17.5 Å². The van der Waals surface area contributed by atoms with Gasteiger partial charge in [-0.05, 0) is 24.3 Å². The van der Waals surface area contributed by atoms with Gasteiger partial charge in [-0.1, -0.05) is 17.7 Å². The van der Waals surface area contributed by atoms with E-state index >= 15 is 0 Å². The van der Waals surface area contributed by atoms with Gasteiger partial charge in [-0.25, -0.2) is 0 Å². The Hall–Kier alpha value is -1.49. The van der Waals surface area contributed by atoms with E-state index in [1.165, 1.54) is 24.3 Å². The molecular weight excluding hydrogens is 255 g/mol. The highest BCUT2D eigenvalue weighted by Crippen LogP contribution is 2.15. The van der Waals surface area contributed by atoms with Gasteiger partial charge in [0.1, 0.15) is 0 Å². The van der Waals surface area contributed by atoms with Crippen LogP contribution >= 0.6 is 11.6 Å². The van der Waals surface area contributed by atoms with Gasteiger partial charge in [0.2, 0.25) is 0 Å².